The lowest BCUT2D eigenvalue weighted by Gasteiger charge is -2.17. The van der Waals surface area contributed by atoms with E-state index >= 15 is 0 Å². The molecule has 1 aliphatic heterocycles. The zero-order chi connectivity index (χ0) is 14.7. The van der Waals surface area contributed by atoms with E-state index in [-0.39, 0.29) is 30.4 Å². The van der Waals surface area contributed by atoms with Crippen LogP contribution < -0.4 is 10.2 Å². The van der Waals surface area contributed by atoms with Crippen molar-refractivity contribution in [1.82, 2.24) is 5.32 Å². The number of hydrogen-bond acceptors (Lipinski definition) is 3. The van der Waals surface area contributed by atoms with E-state index in [1.807, 2.05) is 13.8 Å². The van der Waals surface area contributed by atoms with Crippen molar-refractivity contribution >= 4 is 17.5 Å². The SMILES string of the molecule is CC(C)NC(=O)c1ccc(N2CC(CO)CC2=O)cc1. The van der Waals surface area contributed by atoms with E-state index in [4.69, 9.17) is 5.11 Å². The Hall–Kier alpha value is -1.88. The van der Waals surface area contributed by atoms with Crippen LogP contribution in [0.5, 0.6) is 0 Å². The highest BCUT2D eigenvalue weighted by Crippen LogP contribution is 2.25. The lowest BCUT2D eigenvalue weighted by atomic mass is 10.1. The average molecular weight is 276 g/mol. The van der Waals surface area contributed by atoms with E-state index < -0.39 is 0 Å². The fourth-order valence-corrected chi connectivity index (χ4v) is 2.29. The van der Waals surface area contributed by atoms with Gasteiger partial charge in [-0.3, -0.25) is 9.59 Å². The summed E-state index contributed by atoms with van der Waals surface area (Å²) < 4.78 is 0. The van der Waals surface area contributed by atoms with Crippen LogP contribution in [0.25, 0.3) is 0 Å². The number of nitrogens with one attached hydrogen (secondary N) is 1. The van der Waals surface area contributed by atoms with Crippen LogP contribution in [0.2, 0.25) is 0 Å². The molecule has 0 saturated carbocycles. The normalized spacial score (nSPS) is 18.7. The number of aliphatic hydroxyl groups excluding tert-OH is 1. The van der Waals surface area contributed by atoms with Gasteiger partial charge < -0.3 is 15.3 Å². The van der Waals surface area contributed by atoms with E-state index in [1.54, 1.807) is 29.2 Å². The minimum atomic E-state index is -0.118. The summed E-state index contributed by atoms with van der Waals surface area (Å²) in [7, 11) is 0. The van der Waals surface area contributed by atoms with Crippen molar-refractivity contribution in [2.75, 3.05) is 18.1 Å². The molecule has 20 heavy (non-hydrogen) atoms. The van der Waals surface area contributed by atoms with Crippen molar-refractivity contribution in [2.45, 2.75) is 26.3 Å². The largest absolute Gasteiger partial charge is 0.396 e. The predicted octanol–water partition coefficient (Wildman–Crippen LogP) is 1.17. The number of aliphatic hydroxyl groups is 1. The molecule has 1 aliphatic rings. The van der Waals surface area contributed by atoms with Crippen molar-refractivity contribution < 1.29 is 14.7 Å². The highest BCUT2D eigenvalue weighted by Gasteiger charge is 2.29. The summed E-state index contributed by atoms with van der Waals surface area (Å²) in [5.41, 5.74) is 1.35. The smallest absolute Gasteiger partial charge is 0.251 e. The first-order valence-electron chi connectivity index (χ1n) is 6.83. The van der Waals surface area contributed by atoms with Crippen LogP contribution in [0, 0.1) is 5.92 Å². The lowest BCUT2D eigenvalue weighted by molar-refractivity contribution is -0.117. The summed E-state index contributed by atoms with van der Waals surface area (Å²) in [6.45, 7) is 4.37. The second-order valence-electron chi connectivity index (χ2n) is 5.43. The molecule has 5 nitrogen and oxygen atoms in total. The van der Waals surface area contributed by atoms with Crippen molar-refractivity contribution in [3.05, 3.63) is 29.8 Å². The Morgan fingerprint density at radius 1 is 1.40 bits per heavy atom. The predicted molar refractivity (Wildman–Crippen MR) is 76.6 cm³/mol. The summed E-state index contributed by atoms with van der Waals surface area (Å²) in [5, 5.41) is 11.9. The first-order chi connectivity index (χ1) is 9.51. The summed E-state index contributed by atoms with van der Waals surface area (Å²) in [6.07, 6.45) is 0.381. The Bertz CT molecular complexity index is 496. The van der Waals surface area contributed by atoms with Crippen LogP contribution >= 0.6 is 0 Å². The van der Waals surface area contributed by atoms with Crippen LogP contribution in [0.4, 0.5) is 5.69 Å². The molecule has 0 aliphatic carbocycles. The topological polar surface area (TPSA) is 69.6 Å². The molecule has 1 heterocycles. The average Bonchev–Trinajstić information content (AvgIpc) is 2.79. The first kappa shape index (κ1) is 14.5. The fourth-order valence-electron chi connectivity index (χ4n) is 2.29. The van der Waals surface area contributed by atoms with E-state index in [0.29, 0.717) is 18.5 Å². The summed E-state index contributed by atoms with van der Waals surface area (Å²) in [6, 6.07) is 7.06. The number of carbonyl (C=O) groups is 2. The molecule has 1 unspecified atom stereocenters. The number of anilines is 1. The standard InChI is InChI=1S/C15H20N2O3/c1-10(2)16-15(20)12-3-5-13(6-4-12)17-8-11(9-18)7-14(17)19/h3-6,10-11,18H,7-9H2,1-2H3,(H,16,20). The van der Waals surface area contributed by atoms with Gasteiger partial charge in [-0.25, -0.2) is 0 Å². The van der Waals surface area contributed by atoms with Gasteiger partial charge in [0.25, 0.3) is 5.91 Å². The first-order valence-corrected chi connectivity index (χ1v) is 6.83. The van der Waals surface area contributed by atoms with Gasteiger partial charge in [-0.1, -0.05) is 0 Å². The minimum Gasteiger partial charge on any atom is -0.396 e. The zero-order valence-electron chi connectivity index (χ0n) is 11.8. The fraction of sp³-hybridized carbons (Fsp3) is 0.467. The Labute approximate surface area is 118 Å². The molecule has 2 rings (SSSR count). The number of rotatable bonds is 4. The molecule has 0 radical (unpaired) electrons. The van der Waals surface area contributed by atoms with Gasteiger partial charge in [0.1, 0.15) is 0 Å². The van der Waals surface area contributed by atoms with E-state index in [2.05, 4.69) is 5.32 Å². The van der Waals surface area contributed by atoms with Crippen LogP contribution in [0.3, 0.4) is 0 Å². The summed E-state index contributed by atoms with van der Waals surface area (Å²) >= 11 is 0. The molecule has 2 N–H and O–H groups in total. The van der Waals surface area contributed by atoms with Gasteiger partial charge in [-0.05, 0) is 38.1 Å². The second-order valence-corrected chi connectivity index (χ2v) is 5.43. The lowest BCUT2D eigenvalue weighted by Crippen LogP contribution is -2.30. The molecule has 1 aromatic carbocycles. The maximum Gasteiger partial charge on any atom is 0.251 e. The van der Waals surface area contributed by atoms with Gasteiger partial charge in [-0.15, -0.1) is 0 Å². The van der Waals surface area contributed by atoms with Gasteiger partial charge in [-0.2, -0.15) is 0 Å². The van der Waals surface area contributed by atoms with Crippen LogP contribution in [0.15, 0.2) is 24.3 Å². The molecule has 0 aromatic heterocycles. The molecule has 1 saturated heterocycles. The third-order valence-electron chi connectivity index (χ3n) is 3.32. The molecule has 1 fully saturated rings. The number of carbonyl (C=O) groups excluding carboxylic acids is 2. The molecule has 0 bridgehead atoms. The number of amides is 2. The Morgan fingerprint density at radius 3 is 2.55 bits per heavy atom. The quantitative estimate of drug-likeness (QED) is 0.867. The highest BCUT2D eigenvalue weighted by atomic mass is 16.3. The molecule has 5 heteroatoms. The third-order valence-corrected chi connectivity index (χ3v) is 3.32. The molecular weight excluding hydrogens is 256 g/mol. The molecular formula is C15H20N2O3. The zero-order valence-corrected chi connectivity index (χ0v) is 11.8. The highest BCUT2D eigenvalue weighted by molar-refractivity contribution is 5.97. The third kappa shape index (κ3) is 3.17. The van der Waals surface area contributed by atoms with Gasteiger partial charge in [0.2, 0.25) is 5.91 Å². The summed E-state index contributed by atoms with van der Waals surface area (Å²) in [4.78, 5) is 25.3. The van der Waals surface area contributed by atoms with Crippen molar-refractivity contribution in [3.63, 3.8) is 0 Å². The van der Waals surface area contributed by atoms with Crippen molar-refractivity contribution in [2.24, 2.45) is 5.92 Å². The number of benzene rings is 1. The molecule has 2 amide bonds. The van der Waals surface area contributed by atoms with Gasteiger partial charge >= 0.3 is 0 Å². The Kier molecular flexibility index (Phi) is 4.39. The van der Waals surface area contributed by atoms with E-state index in [1.165, 1.54) is 0 Å². The van der Waals surface area contributed by atoms with Crippen LogP contribution in [-0.4, -0.2) is 36.1 Å². The van der Waals surface area contributed by atoms with E-state index in [0.717, 1.165) is 5.69 Å². The maximum atomic E-state index is 11.8. The van der Waals surface area contributed by atoms with Crippen molar-refractivity contribution in [1.29, 1.82) is 0 Å². The minimum absolute atomic E-state index is 0.00594. The summed E-state index contributed by atoms with van der Waals surface area (Å²) in [5.74, 6) is -0.0950. The Balaban J connectivity index is 2.09. The monoisotopic (exact) mass is 276 g/mol. The van der Waals surface area contributed by atoms with Crippen molar-refractivity contribution in [3.8, 4) is 0 Å². The second kappa shape index (κ2) is 6.05. The van der Waals surface area contributed by atoms with Crippen LogP contribution in [-0.2, 0) is 4.79 Å². The maximum absolute atomic E-state index is 11.8. The molecule has 1 aromatic rings. The number of hydrogen-bond donors (Lipinski definition) is 2. The van der Waals surface area contributed by atoms with E-state index in [9.17, 15) is 9.59 Å². The van der Waals surface area contributed by atoms with Crippen LogP contribution in [0.1, 0.15) is 30.6 Å². The number of nitrogens with zero attached hydrogens (tertiary/aromatic N) is 1. The van der Waals surface area contributed by atoms with Gasteiger partial charge in [0.15, 0.2) is 0 Å². The molecule has 1 atom stereocenters. The Morgan fingerprint density at radius 2 is 2.05 bits per heavy atom. The van der Waals surface area contributed by atoms with Gasteiger partial charge in [0, 0.05) is 42.8 Å². The van der Waals surface area contributed by atoms with Gasteiger partial charge in [0.05, 0.1) is 0 Å². The molecule has 0 spiro atoms. The molecule has 108 valence electrons.